The number of urea groups is 1. The monoisotopic (exact) mass is 325 g/mol. The number of benzene rings is 1. The van der Waals surface area contributed by atoms with Crippen molar-refractivity contribution in [2.45, 2.75) is 31.5 Å². The highest BCUT2D eigenvalue weighted by Crippen LogP contribution is 2.27. The first-order chi connectivity index (χ1) is 11.7. The lowest BCUT2D eigenvalue weighted by Gasteiger charge is -2.31. The first-order valence-electron chi connectivity index (χ1n) is 8.29. The number of hydrogen-bond donors (Lipinski definition) is 1. The molecule has 24 heavy (non-hydrogen) atoms. The zero-order valence-corrected chi connectivity index (χ0v) is 13.9. The molecule has 0 saturated carbocycles. The summed E-state index contributed by atoms with van der Waals surface area (Å²) in [6.45, 7) is 1.21. The number of rotatable bonds is 4. The van der Waals surface area contributed by atoms with E-state index in [0.717, 1.165) is 18.4 Å². The molecule has 1 aliphatic heterocycles. The van der Waals surface area contributed by atoms with Crippen LogP contribution in [0.4, 0.5) is 4.79 Å². The molecule has 1 aromatic carbocycles. The second kappa shape index (κ2) is 7.93. The standard InChI is InChI=1S/C19H23N3O2/c1-22(14-15-6-5-10-20-13-15)19(23)21-17-9-11-24-18(12-17)16-7-3-2-4-8-16/h2-8,10,13,17-18H,9,11-12,14H2,1H3,(H,21,23)/t17-,18+/m0/s1. The van der Waals surface area contributed by atoms with E-state index in [-0.39, 0.29) is 18.2 Å². The van der Waals surface area contributed by atoms with Crippen LogP contribution in [-0.2, 0) is 11.3 Å². The summed E-state index contributed by atoms with van der Waals surface area (Å²) in [4.78, 5) is 18.2. The first-order valence-corrected chi connectivity index (χ1v) is 8.29. The molecule has 1 aliphatic rings. The third kappa shape index (κ3) is 4.32. The third-order valence-corrected chi connectivity index (χ3v) is 4.27. The van der Waals surface area contributed by atoms with Crippen LogP contribution in [0.5, 0.6) is 0 Å². The summed E-state index contributed by atoms with van der Waals surface area (Å²) < 4.78 is 5.86. The van der Waals surface area contributed by atoms with E-state index in [0.29, 0.717) is 13.2 Å². The zero-order valence-electron chi connectivity index (χ0n) is 13.9. The molecular formula is C19H23N3O2. The molecule has 2 atom stereocenters. The number of ether oxygens (including phenoxy) is 1. The minimum atomic E-state index is -0.0578. The zero-order chi connectivity index (χ0) is 16.8. The second-order valence-corrected chi connectivity index (χ2v) is 6.16. The van der Waals surface area contributed by atoms with Crippen molar-refractivity contribution in [2.75, 3.05) is 13.7 Å². The lowest BCUT2D eigenvalue weighted by molar-refractivity contribution is 0.00158. The van der Waals surface area contributed by atoms with Gasteiger partial charge in [0.05, 0.1) is 6.10 Å². The topological polar surface area (TPSA) is 54.5 Å². The summed E-state index contributed by atoms with van der Waals surface area (Å²) in [6, 6.07) is 14.1. The summed E-state index contributed by atoms with van der Waals surface area (Å²) in [5, 5.41) is 3.13. The molecule has 5 nitrogen and oxygen atoms in total. The normalized spacial score (nSPS) is 20.4. The van der Waals surface area contributed by atoms with Crippen LogP contribution in [-0.4, -0.2) is 35.6 Å². The van der Waals surface area contributed by atoms with Crippen molar-refractivity contribution in [3.8, 4) is 0 Å². The molecule has 126 valence electrons. The average molecular weight is 325 g/mol. The SMILES string of the molecule is CN(Cc1cccnc1)C(=O)N[C@H]1CCO[C@@H](c2ccccc2)C1. The van der Waals surface area contributed by atoms with Gasteiger partial charge in [0.1, 0.15) is 0 Å². The van der Waals surface area contributed by atoms with Crippen molar-refractivity contribution in [1.82, 2.24) is 15.2 Å². The van der Waals surface area contributed by atoms with Crippen molar-refractivity contribution in [1.29, 1.82) is 0 Å². The van der Waals surface area contributed by atoms with Crippen molar-refractivity contribution >= 4 is 6.03 Å². The van der Waals surface area contributed by atoms with Gasteiger partial charge in [-0.1, -0.05) is 36.4 Å². The number of carbonyl (C=O) groups excluding carboxylic acids is 1. The van der Waals surface area contributed by atoms with Gasteiger partial charge in [0.15, 0.2) is 0 Å². The lowest BCUT2D eigenvalue weighted by Crippen LogP contribution is -2.45. The van der Waals surface area contributed by atoms with Gasteiger partial charge in [-0.05, 0) is 30.0 Å². The van der Waals surface area contributed by atoms with Gasteiger partial charge in [-0.3, -0.25) is 4.98 Å². The van der Waals surface area contributed by atoms with Gasteiger partial charge in [0, 0.05) is 38.6 Å². The van der Waals surface area contributed by atoms with E-state index in [1.165, 1.54) is 5.56 Å². The van der Waals surface area contributed by atoms with Gasteiger partial charge in [-0.25, -0.2) is 4.79 Å². The van der Waals surface area contributed by atoms with Crippen molar-refractivity contribution in [3.63, 3.8) is 0 Å². The highest BCUT2D eigenvalue weighted by molar-refractivity contribution is 5.74. The lowest BCUT2D eigenvalue weighted by atomic mass is 9.97. The largest absolute Gasteiger partial charge is 0.373 e. The fourth-order valence-electron chi connectivity index (χ4n) is 2.95. The Kier molecular flexibility index (Phi) is 5.43. The van der Waals surface area contributed by atoms with Gasteiger partial charge < -0.3 is 15.0 Å². The molecule has 1 N–H and O–H groups in total. The minimum Gasteiger partial charge on any atom is -0.373 e. The molecule has 0 spiro atoms. The molecule has 0 unspecified atom stereocenters. The number of pyridine rings is 1. The van der Waals surface area contributed by atoms with Crippen LogP contribution < -0.4 is 5.32 Å². The van der Waals surface area contributed by atoms with Crippen LogP contribution in [0.2, 0.25) is 0 Å². The Balaban J connectivity index is 1.54. The Morgan fingerprint density at radius 2 is 2.12 bits per heavy atom. The summed E-state index contributed by atoms with van der Waals surface area (Å²) >= 11 is 0. The molecule has 2 aromatic rings. The molecule has 5 heteroatoms. The van der Waals surface area contributed by atoms with Gasteiger partial charge >= 0.3 is 6.03 Å². The summed E-state index contributed by atoms with van der Waals surface area (Å²) in [5.41, 5.74) is 2.18. The Labute approximate surface area is 142 Å². The van der Waals surface area contributed by atoms with E-state index in [2.05, 4.69) is 22.4 Å². The molecule has 1 aromatic heterocycles. The maximum atomic E-state index is 12.4. The third-order valence-electron chi connectivity index (χ3n) is 4.27. The second-order valence-electron chi connectivity index (χ2n) is 6.16. The van der Waals surface area contributed by atoms with Crippen LogP contribution in [0, 0.1) is 0 Å². The Hall–Kier alpha value is -2.40. The van der Waals surface area contributed by atoms with Crippen LogP contribution in [0.3, 0.4) is 0 Å². The van der Waals surface area contributed by atoms with Crippen LogP contribution in [0.15, 0.2) is 54.9 Å². The number of amides is 2. The van der Waals surface area contributed by atoms with Gasteiger partial charge in [0.2, 0.25) is 0 Å². The quantitative estimate of drug-likeness (QED) is 0.939. The van der Waals surface area contributed by atoms with Crippen LogP contribution in [0.1, 0.15) is 30.1 Å². The van der Waals surface area contributed by atoms with Crippen LogP contribution in [0.25, 0.3) is 0 Å². The molecule has 2 heterocycles. The highest BCUT2D eigenvalue weighted by atomic mass is 16.5. The molecule has 2 amide bonds. The predicted molar refractivity (Wildman–Crippen MR) is 92.4 cm³/mol. The summed E-state index contributed by atoms with van der Waals surface area (Å²) in [5.74, 6) is 0. The summed E-state index contributed by atoms with van der Waals surface area (Å²) in [7, 11) is 1.80. The number of nitrogens with one attached hydrogen (secondary N) is 1. The summed E-state index contributed by atoms with van der Waals surface area (Å²) in [6.07, 6.45) is 5.21. The Morgan fingerprint density at radius 1 is 1.29 bits per heavy atom. The molecule has 0 bridgehead atoms. The Morgan fingerprint density at radius 3 is 2.88 bits per heavy atom. The fourth-order valence-corrected chi connectivity index (χ4v) is 2.95. The van der Waals surface area contributed by atoms with Crippen molar-refractivity contribution in [3.05, 3.63) is 66.0 Å². The molecule has 3 rings (SSSR count). The number of hydrogen-bond acceptors (Lipinski definition) is 3. The minimum absolute atomic E-state index is 0.0499. The van der Waals surface area contributed by atoms with Gasteiger partial charge in [-0.15, -0.1) is 0 Å². The van der Waals surface area contributed by atoms with E-state index in [1.54, 1.807) is 24.3 Å². The van der Waals surface area contributed by atoms with Crippen molar-refractivity contribution < 1.29 is 9.53 Å². The molecule has 1 fully saturated rings. The van der Waals surface area contributed by atoms with E-state index < -0.39 is 0 Å². The number of nitrogens with zero attached hydrogens (tertiary/aromatic N) is 2. The highest BCUT2D eigenvalue weighted by Gasteiger charge is 2.25. The van der Waals surface area contributed by atoms with Crippen LogP contribution >= 0.6 is 0 Å². The fraction of sp³-hybridized carbons (Fsp3) is 0.368. The number of aromatic nitrogens is 1. The first kappa shape index (κ1) is 16.5. The van der Waals surface area contributed by atoms with Crippen molar-refractivity contribution in [2.24, 2.45) is 0 Å². The maximum absolute atomic E-state index is 12.4. The Bertz CT molecular complexity index is 648. The maximum Gasteiger partial charge on any atom is 0.317 e. The molecule has 0 aliphatic carbocycles. The number of carbonyl (C=O) groups is 1. The van der Waals surface area contributed by atoms with E-state index in [1.807, 2.05) is 30.3 Å². The molecule has 1 saturated heterocycles. The smallest absolute Gasteiger partial charge is 0.317 e. The van der Waals surface area contributed by atoms with Gasteiger partial charge in [0.25, 0.3) is 0 Å². The van der Waals surface area contributed by atoms with Gasteiger partial charge in [-0.2, -0.15) is 0 Å². The molecular weight excluding hydrogens is 302 g/mol. The van der Waals surface area contributed by atoms with E-state index in [4.69, 9.17) is 4.74 Å². The average Bonchev–Trinajstić information content (AvgIpc) is 2.63. The van der Waals surface area contributed by atoms with E-state index >= 15 is 0 Å². The molecule has 0 radical (unpaired) electrons. The predicted octanol–water partition coefficient (Wildman–Crippen LogP) is 3.14. The van der Waals surface area contributed by atoms with E-state index in [9.17, 15) is 4.79 Å².